The highest BCUT2D eigenvalue weighted by atomic mass is 79.9. The van der Waals surface area contributed by atoms with Crippen LogP contribution in [0.2, 0.25) is 5.02 Å². The normalized spacial score (nSPS) is 18.9. The first-order valence-electron chi connectivity index (χ1n) is 9.25. The molecule has 3 aromatic rings. The molecule has 1 aliphatic rings. The van der Waals surface area contributed by atoms with Gasteiger partial charge in [0.1, 0.15) is 17.7 Å². The zero-order valence-corrected chi connectivity index (χ0v) is 18.1. The Morgan fingerprint density at radius 2 is 1.90 bits per heavy atom. The van der Waals surface area contributed by atoms with Gasteiger partial charge in [-0.15, -0.1) is 0 Å². The lowest BCUT2D eigenvalue weighted by molar-refractivity contribution is 0.381. The minimum Gasteiger partial charge on any atom is -0.508 e. The van der Waals surface area contributed by atoms with Crippen molar-refractivity contribution in [3.8, 4) is 11.5 Å². The predicted octanol–water partition coefficient (Wildman–Crippen LogP) is 6.04. The Hall–Kier alpha value is -2.34. The van der Waals surface area contributed by atoms with Gasteiger partial charge >= 0.3 is 0 Å². The molecule has 0 aromatic heterocycles. The standard InChI is InChI=1S/C23H20BrClN2O2/c1-29-22-10-9-15(24)12-18(22)23-26-19(14-5-4-6-16(25)11-14)13-20(27-23)17-7-2-3-8-21(17)28/h2-12,20,23,27-28H,13H2,1H3/t20-,23+/m1/s1. The average Bonchev–Trinajstić information content (AvgIpc) is 2.74. The smallest absolute Gasteiger partial charge is 0.130 e. The van der Waals surface area contributed by atoms with Crippen LogP contribution in [0.15, 0.2) is 76.2 Å². The molecule has 3 aromatic carbocycles. The van der Waals surface area contributed by atoms with Gasteiger partial charge in [-0.3, -0.25) is 10.3 Å². The summed E-state index contributed by atoms with van der Waals surface area (Å²) in [5, 5.41) is 14.7. The number of halogens is 2. The third-order valence-electron chi connectivity index (χ3n) is 5.00. The molecule has 148 valence electrons. The fourth-order valence-corrected chi connectivity index (χ4v) is 4.18. The first kappa shape index (κ1) is 20.0. The van der Waals surface area contributed by atoms with Crippen molar-refractivity contribution in [3.63, 3.8) is 0 Å². The molecule has 4 rings (SSSR count). The monoisotopic (exact) mass is 470 g/mol. The first-order chi connectivity index (χ1) is 14.0. The number of aromatic hydroxyl groups is 1. The summed E-state index contributed by atoms with van der Waals surface area (Å²) in [6.07, 6.45) is 0.292. The number of phenols is 1. The number of rotatable bonds is 4. The maximum absolute atomic E-state index is 10.4. The van der Waals surface area contributed by atoms with Crippen molar-refractivity contribution in [3.05, 3.63) is 92.9 Å². The maximum atomic E-state index is 10.4. The van der Waals surface area contributed by atoms with Crippen molar-refractivity contribution in [2.45, 2.75) is 18.6 Å². The van der Waals surface area contributed by atoms with Crippen molar-refractivity contribution in [2.75, 3.05) is 7.11 Å². The highest BCUT2D eigenvalue weighted by Crippen LogP contribution is 2.37. The van der Waals surface area contributed by atoms with E-state index in [0.29, 0.717) is 11.4 Å². The van der Waals surface area contributed by atoms with E-state index in [2.05, 4.69) is 21.2 Å². The van der Waals surface area contributed by atoms with E-state index in [1.54, 1.807) is 13.2 Å². The molecule has 0 fully saturated rings. The fraction of sp³-hybridized carbons (Fsp3) is 0.174. The fourth-order valence-electron chi connectivity index (χ4n) is 3.61. The molecule has 0 amide bonds. The summed E-state index contributed by atoms with van der Waals surface area (Å²) in [6, 6.07) is 20.8. The average molecular weight is 472 g/mol. The molecule has 29 heavy (non-hydrogen) atoms. The van der Waals surface area contributed by atoms with Crippen molar-refractivity contribution >= 4 is 33.2 Å². The Morgan fingerprint density at radius 1 is 1.07 bits per heavy atom. The van der Waals surface area contributed by atoms with Crippen LogP contribution < -0.4 is 10.1 Å². The molecule has 0 aliphatic carbocycles. The van der Waals surface area contributed by atoms with Crippen LogP contribution in [-0.2, 0) is 0 Å². The molecule has 0 radical (unpaired) electrons. The molecule has 2 atom stereocenters. The number of methoxy groups -OCH3 is 1. The summed E-state index contributed by atoms with van der Waals surface area (Å²) in [4.78, 5) is 4.98. The van der Waals surface area contributed by atoms with Gasteiger partial charge in [0.05, 0.1) is 7.11 Å². The quantitative estimate of drug-likeness (QED) is 0.488. The van der Waals surface area contributed by atoms with Crippen LogP contribution in [0.5, 0.6) is 11.5 Å². The summed E-state index contributed by atoms with van der Waals surface area (Å²) in [5.41, 5.74) is 3.65. The summed E-state index contributed by atoms with van der Waals surface area (Å²) >= 11 is 9.77. The maximum Gasteiger partial charge on any atom is 0.130 e. The van der Waals surface area contributed by atoms with Crippen LogP contribution >= 0.6 is 27.5 Å². The highest BCUT2D eigenvalue weighted by Gasteiger charge is 2.29. The molecule has 0 saturated carbocycles. The molecular formula is C23H20BrClN2O2. The Bertz CT molecular complexity index is 1070. The minimum atomic E-state index is -0.338. The van der Waals surface area contributed by atoms with Crippen LogP contribution in [0.1, 0.15) is 35.3 Å². The lowest BCUT2D eigenvalue weighted by Gasteiger charge is -2.31. The SMILES string of the molecule is COc1ccc(Br)cc1[C@H]1N=C(c2cccc(Cl)c2)C[C@H](c2ccccc2O)N1. The number of para-hydroxylation sites is 1. The van der Waals surface area contributed by atoms with E-state index < -0.39 is 0 Å². The second kappa shape index (κ2) is 8.57. The number of aliphatic imine (C=N–C) groups is 1. The number of phenolic OH excluding ortho intramolecular Hbond substituents is 1. The van der Waals surface area contributed by atoms with Gasteiger partial charge in [0.25, 0.3) is 0 Å². The Kier molecular flexibility index (Phi) is 5.90. The van der Waals surface area contributed by atoms with Crippen LogP contribution in [0, 0.1) is 0 Å². The molecule has 1 heterocycles. The Balaban J connectivity index is 1.82. The lowest BCUT2D eigenvalue weighted by atomic mass is 9.93. The minimum absolute atomic E-state index is 0.114. The number of hydrogen-bond acceptors (Lipinski definition) is 4. The first-order valence-corrected chi connectivity index (χ1v) is 10.4. The molecule has 0 unspecified atom stereocenters. The zero-order chi connectivity index (χ0) is 20.4. The van der Waals surface area contributed by atoms with Crippen molar-refractivity contribution in [1.82, 2.24) is 5.32 Å². The van der Waals surface area contributed by atoms with E-state index in [-0.39, 0.29) is 18.0 Å². The summed E-state index contributed by atoms with van der Waals surface area (Å²) in [7, 11) is 1.65. The van der Waals surface area contributed by atoms with E-state index in [0.717, 1.165) is 32.6 Å². The molecule has 1 aliphatic heterocycles. The van der Waals surface area contributed by atoms with Gasteiger partial charge in [0.2, 0.25) is 0 Å². The second-order valence-corrected chi connectivity index (χ2v) is 8.21. The van der Waals surface area contributed by atoms with E-state index in [4.69, 9.17) is 21.3 Å². The van der Waals surface area contributed by atoms with Gasteiger partial charge in [-0.1, -0.05) is 57.9 Å². The number of nitrogens with one attached hydrogen (secondary N) is 1. The Labute approximate surface area is 183 Å². The third kappa shape index (κ3) is 4.32. The molecular weight excluding hydrogens is 452 g/mol. The largest absolute Gasteiger partial charge is 0.508 e. The van der Waals surface area contributed by atoms with Crippen LogP contribution in [-0.4, -0.2) is 17.9 Å². The number of benzene rings is 3. The third-order valence-corrected chi connectivity index (χ3v) is 5.73. The van der Waals surface area contributed by atoms with Crippen LogP contribution in [0.25, 0.3) is 0 Å². The van der Waals surface area contributed by atoms with E-state index in [1.807, 2.05) is 60.7 Å². The predicted molar refractivity (Wildman–Crippen MR) is 120 cm³/mol. The molecule has 0 saturated heterocycles. The molecule has 6 heteroatoms. The van der Waals surface area contributed by atoms with Crippen molar-refractivity contribution in [2.24, 2.45) is 4.99 Å². The van der Waals surface area contributed by atoms with Crippen LogP contribution in [0.3, 0.4) is 0 Å². The molecule has 0 spiro atoms. The molecule has 2 N–H and O–H groups in total. The topological polar surface area (TPSA) is 53.9 Å². The van der Waals surface area contributed by atoms with Gasteiger partial charge in [-0.05, 0) is 42.0 Å². The highest BCUT2D eigenvalue weighted by molar-refractivity contribution is 9.10. The summed E-state index contributed by atoms with van der Waals surface area (Å²) in [5.74, 6) is 1.01. The zero-order valence-electron chi connectivity index (χ0n) is 15.8. The number of nitrogens with zero attached hydrogens (tertiary/aromatic N) is 1. The van der Waals surface area contributed by atoms with Gasteiger partial charge in [0, 0.05) is 38.8 Å². The summed E-state index contributed by atoms with van der Waals surface area (Å²) in [6.45, 7) is 0. The Morgan fingerprint density at radius 3 is 2.66 bits per heavy atom. The second-order valence-electron chi connectivity index (χ2n) is 6.86. The molecule has 0 bridgehead atoms. The van der Waals surface area contributed by atoms with Crippen LogP contribution in [0.4, 0.5) is 0 Å². The lowest BCUT2D eigenvalue weighted by Crippen LogP contribution is -2.33. The van der Waals surface area contributed by atoms with Gasteiger partial charge in [0.15, 0.2) is 0 Å². The van der Waals surface area contributed by atoms with Gasteiger partial charge in [-0.2, -0.15) is 0 Å². The number of ether oxygens (including phenoxy) is 1. The number of hydrogen-bond donors (Lipinski definition) is 2. The van der Waals surface area contributed by atoms with E-state index >= 15 is 0 Å². The van der Waals surface area contributed by atoms with E-state index in [9.17, 15) is 5.11 Å². The molecule has 4 nitrogen and oxygen atoms in total. The van der Waals surface area contributed by atoms with Gasteiger partial charge < -0.3 is 9.84 Å². The van der Waals surface area contributed by atoms with Crippen molar-refractivity contribution < 1.29 is 9.84 Å². The summed E-state index contributed by atoms with van der Waals surface area (Å²) < 4.78 is 6.52. The van der Waals surface area contributed by atoms with Crippen molar-refractivity contribution in [1.29, 1.82) is 0 Å². The van der Waals surface area contributed by atoms with Gasteiger partial charge in [-0.25, -0.2) is 0 Å². The van der Waals surface area contributed by atoms with E-state index in [1.165, 1.54) is 0 Å².